The van der Waals surface area contributed by atoms with Gasteiger partial charge in [-0.05, 0) is 24.5 Å². The Balaban J connectivity index is 2.32. The molecular weight excluding hydrogens is 188 g/mol. The second-order valence-corrected chi connectivity index (χ2v) is 4.13. The predicted octanol–water partition coefficient (Wildman–Crippen LogP) is 3.24. The van der Waals surface area contributed by atoms with E-state index in [1.165, 1.54) is 0 Å². The maximum absolute atomic E-state index is 11.5. The van der Waals surface area contributed by atoms with Crippen molar-refractivity contribution in [3.05, 3.63) is 41.5 Å². The third-order valence-corrected chi connectivity index (χ3v) is 2.39. The fourth-order valence-electron chi connectivity index (χ4n) is 1.58. The van der Waals surface area contributed by atoms with E-state index in [4.69, 9.17) is 4.74 Å². The summed E-state index contributed by atoms with van der Waals surface area (Å²) in [6.45, 7) is 4.28. The van der Waals surface area contributed by atoms with Gasteiger partial charge in [0.1, 0.15) is 5.76 Å². The van der Waals surface area contributed by atoms with Gasteiger partial charge in [0.2, 0.25) is 0 Å². The Labute approximate surface area is 89.6 Å². The molecule has 0 N–H and O–H groups in total. The molecule has 1 heterocycles. The summed E-state index contributed by atoms with van der Waals surface area (Å²) in [4.78, 5) is 11.5. The van der Waals surface area contributed by atoms with Crippen molar-refractivity contribution < 1.29 is 9.53 Å². The predicted molar refractivity (Wildman–Crippen MR) is 59.3 cm³/mol. The number of rotatable bonds is 2. The summed E-state index contributed by atoms with van der Waals surface area (Å²) in [5, 5.41) is 0. The van der Waals surface area contributed by atoms with Gasteiger partial charge in [-0.1, -0.05) is 32.0 Å². The lowest BCUT2D eigenvalue weighted by Crippen LogP contribution is -1.92. The van der Waals surface area contributed by atoms with Gasteiger partial charge >= 0.3 is 5.97 Å². The normalized spacial score (nSPS) is 17.0. The van der Waals surface area contributed by atoms with Gasteiger partial charge in [0.05, 0.1) is 5.56 Å². The highest BCUT2D eigenvalue weighted by Crippen LogP contribution is 2.29. The van der Waals surface area contributed by atoms with Crippen molar-refractivity contribution in [1.82, 2.24) is 0 Å². The number of esters is 1. The second kappa shape index (κ2) is 3.89. The maximum atomic E-state index is 11.5. The fraction of sp³-hybridized carbons (Fsp3) is 0.308. The summed E-state index contributed by atoms with van der Waals surface area (Å²) >= 11 is 0. The van der Waals surface area contributed by atoms with Crippen LogP contribution in [0.5, 0.6) is 0 Å². The zero-order valence-electron chi connectivity index (χ0n) is 8.99. The van der Waals surface area contributed by atoms with Gasteiger partial charge in [-0.15, -0.1) is 0 Å². The summed E-state index contributed by atoms with van der Waals surface area (Å²) in [7, 11) is 0. The Morgan fingerprint density at radius 3 is 2.60 bits per heavy atom. The van der Waals surface area contributed by atoms with E-state index in [2.05, 4.69) is 13.8 Å². The van der Waals surface area contributed by atoms with E-state index in [-0.39, 0.29) is 5.97 Å². The van der Waals surface area contributed by atoms with E-state index in [9.17, 15) is 4.79 Å². The first kappa shape index (κ1) is 9.97. The fourth-order valence-corrected chi connectivity index (χ4v) is 1.58. The zero-order valence-corrected chi connectivity index (χ0v) is 8.99. The molecule has 2 heteroatoms. The highest BCUT2D eigenvalue weighted by atomic mass is 16.5. The smallest absolute Gasteiger partial charge is 0.344 e. The largest absolute Gasteiger partial charge is 0.423 e. The summed E-state index contributed by atoms with van der Waals surface area (Å²) in [6.07, 6.45) is 2.92. The third-order valence-electron chi connectivity index (χ3n) is 2.39. The monoisotopic (exact) mass is 202 g/mol. The molecule has 2 rings (SSSR count). The molecule has 15 heavy (non-hydrogen) atoms. The van der Waals surface area contributed by atoms with Gasteiger partial charge in [-0.2, -0.15) is 0 Å². The first-order valence-electron chi connectivity index (χ1n) is 5.20. The van der Waals surface area contributed by atoms with Crippen LogP contribution in [0.1, 0.15) is 36.2 Å². The van der Waals surface area contributed by atoms with Crippen LogP contribution in [0, 0.1) is 5.92 Å². The maximum Gasteiger partial charge on any atom is 0.344 e. The lowest BCUT2D eigenvalue weighted by molar-refractivity contribution is 0.0715. The van der Waals surface area contributed by atoms with Crippen LogP contribution >= 0.6 is 0 Å². The molecular formula is C13H14O2. The molecule has 2 nitrogen and oxygen atoms in total. The number of fused-ring (bicyclic) bond motifs is 1. The van der Waals surface area contributed by atoms with Crippen LogP contribution in [0.25, 0.3) is 5.76 Å². The molecule has 0 aromatic heterocycles. The van der Waals surface area contributed by atoms with E-state index in [1.807, 2.05) is 24.3 Å². The minimum Gasteiger partial charge on any atom is -0.423 e. The zero-order chi connectivity index (χ0) is 10.8. The number of carbonyl (C=O) groups is 1. The van der Waals surface area contributed by atoms with Crippen LogP contribution in [0.2, 0.25) is 0 Å². The Hall–Kier alpha value is -1.57. The molecule has 0 saturated heterocycles. The van der Waals surface area contributed by atoms with Crippen molar-refractivity contribution in [1.29, 1.82) is 0 Å². The number of hydrogen-bond donors (Lipinski definition) is 0. The molecule has 1 aliphatic heterocycles. The molecule has 0 unspecified atom stereocenters. The molecule has 0 bridgehead atoms. The van der Waals surface area contributed by atoms with Crippen LogP contribution < -0.4 is 0 Å². The first-order chi connectivity index (χ1) is 7.18. The number of allylic oxidation sites excluding steroid dienone is 1. The van der Waals surface area contributed by atoms with Crippen molar-refractivity contribution in [2.45, 2.75) is 20.3 Å². The van der Waals surface area contributed by atoms with Crippen LogP contribution in [-0.4, -0.2) is 5.97 Å². The number of hydrogen-bond acceptors (Lipinski definition) is 2. The lowest BCUT2D eigenvalue weighted by atomic mass is 10.1. The molecule has 0 fully saturated rings. The topological polar surface area (TPSA) is 26.3 Å². The van der Waals surface area contributed by atoms with Gasteiger partial charge in [0.25, 0.3) is 0 Å². The van der Waals surface area contributed by atoms with Crippen molar-refractivity contribution in [3.8, 4) is 0 Å². The number of cyclic esters (lactones) is 1. The van der Waals surface area contributed by atoms with Gasteiger partial charge in [-0.25, -0.2) is 4.79 Å². The highest BCUT2D eigenvalue weighted by Gasteiger charge is 2.25. The minimum atomic E-state index is -0.236. The Kier molecular flexibility index (Phi) is 2.58. The van der Waals surface area contributed by atoms with Gasteiger partial charge in [-0.3, -0.25) is 0 Å². The van der Waals surface area contributed by atoms with Crippen molar-refractivity contribution in [3.63, 3.8) is 0 Å². The average Bonchev–Trinajstić information content (AvgIpc) is 2.54. The van der Waals surface area contributed by atoms with E-state index in [0.29, 0.717) is 17.2 Å². The summed E-state index contributed by atoms with van der Waals surface area (Å²) in [5.41, 5.74) is 1.59. The highest BCUT2D eigenvalue weighted by molar-refractivity contribution is 6.02. The Bertz CT molecular complexity index is 416. The summed E-state index contributed by atoms with van der Waals surface area (Å²) in [6, 6.07) is 7.50. The number of benzene rings is 1. The van der Waals surface area contributed by atoms with E-state index in [0.717, 1.165) is 12.0 Å². The molecule has 1 aliphatic rings. The molecule has 0 aliphatic carbocycles. The molecule has 1 aromatic rings. The van der Waals surface area contributed by atoms with Gasteiger partial charge < -0.3 is 4.74 Å². The minimum absolute atomic E-state index is 0.236. The molecule has 0 atom stereocenters. The van der Waals surface area contributed by atoms with Gasteiger partial charge in [0.15, 0.2) is 0 Å². The van der Waals surface area contributed by atoms with E-state index in [1.54, 1.807) is 6.07 Å². The quantitative estimate of drug-likeness (QED) is 0.688. The summed E-state index contributed by atoms with van der Waals surface area (Å²) < 4.78 is 5.20. The van der Waals surface area contributed by atoms with E-state index >= 15 is 0 Å². The standard InChI is InChI=1S/C13H14O2/c1-9(2)7-8-12-10-5-3-4-6-11(10)13(14)15-12/h3-6,8-9H,7H2,1-2H3/b12-8-. The summed E-state index contributed by atoms with van der Waals surface area (Å²) in [5.74, 6) is 1.05. The van der Waals surface area contributed by atoms with Crippen LogP contribution in [0.15, 0.2) is 30.3 Å². The van der Waals surface area contributed by atoms with Crippen molar-refractivity contribution in [2.24, 2.45) is 5.92 Å². The molecule has 0 amide bonds. The molecule has 0 spiro atoms. The van der Waals surface area contributed by atoms with Crippen molar-refractivity contribution in [2.75, 3.05) is 0 Å². The van der Waals surface area contributed by atoms with Crippen LogP contribution in [0.4, 0.5) is 0 Å². The molecule has 1 aromatic carbocycles. The lowest BCUT2D eigenvalue weighted by Gasteiger charge is -2.00. The van der Waals surface area contributed by atoms with E-state index < -0.39 is 0 Å². The van der Waals surface area contributed by atoms with Crippen LogP contribution in [-0.2, 0) is 4.74 Å². The molecule has 78 valence electrons. The third kappa shape index (κ3) is 1.94. The number of ether oxygens (including phenoxy) is 1. The van der Waals surface area contributed by atoms with Gasteiger partial charge in [0, 0.05) is 5.56 Å². The Morgan fingerprint density at radius 2 is 1.93 bits per heavy atom. The van der Waals surface area contributed by atoms with Crippen LogP contribution in [0.3, 0.4) is 0 Å². The van der Waals surface area contributed by atoms with Crippen molar-refractivity contribution >= 4 is 11.7 Å². The Morgan fingerprint density at radius 1 is 1.27 bits per heavy atom. The molecule has 0 saturated carbocycles. The number of carbonyl (C=O) groups excluding carboxylic acids is 1. The molecule has 0 radical (unpaired) electrons. The average molecular weight is 202 g/mol. The second-order valence-electron chi connectivity index (χ2n) is 4.13. The SMILES string of the molecule is CC(C)C/C=C1\OC(=O)c2ccccc21. The first-order valence-corrected chi connectivity index (χ1v) is 5.20.